The maximum absolute atomic E-state index is 12.6. The van der Waals surface area contributed by atoms with Crippen LogP contribution in [0.5, 0.6) is 5.75 Å². The van der Waals surface area contributed by atoms with E-state index in [1.54, 1.807) is 0 Å². The second-order valence-electron chi connectivity index (χ2n) is 7.58. The number of aromatic nitrogens is 1. The molecule has 4 rings (SSSR count). The van der Waals surface area contributed by atoms with Gasteiger partial charge in [-0.1, -0.05) is 53.7 Å². The van der Waals surface area contributed by atoms with Crippen LogP contribution in [0.3, 0.4) is 0 Å². The minimum absolute atomic E-state index is 0.0857. The fourth-order valence-corrected chi connectivity index (χ4v) is 3.82. The number of hydrogen-bond acceptors (Lipinski definition) is 5. The van der Waals surface area contributed by atoms with Crippen LogP contribution in [0, 0.1) is 6.92 Å². The van der Waals surface area contributed by atoms with Crippen LogP contribution in [0.4, 0.5) is 0 Å². The predicted molar refractivity (Wildman–Crippen MR) is 114 cm³/mol. The Balaban J connectivity index is 1.38. The van der Waals surface area contributed by atoms with E-state index in [1.165, 1.54) is 5.56 Å². The highest BCUT2D eigenvalue weighted by Gasteiger charge is 2.28. The van der Waals surface area contributed by atoms with Gasteiger partial charge in [0.25, 0.3) is 0 Å². The van der Waals surface area contributed by atoms with E-state index in [0.29, 0.717) is 25.5 Å². The molecule has 0 N–H and O–H groups in total. The van der Waals surface area contributed by atoms with Crippen LogP contribution in [-0.4, -0.2) is 53.6 Å². The molecule has 0 spiro atoms. The summed E-state index contributed by atoms with van der Waals surface area (Å²) in [6.07, 6.45) is 0.264. The Bertz CT molecular complexity index is 935. The Morgan fingerprint density at radius 3 is 2.33 bits per heavy atom. The smallest absolute Gasteiger partial charge is 0.230 e. The molecule has 1 fully saturated rings. The van der Waals surface area contributed by atoms with Gasteiger partial charge in [-0.05, 0) is 24.6 Å². The van der Waals surface area contributed by atoms with Gasteiger partial charge in [0.2, 0.25) is 5.91 Å². The Morgan fingerprint density at radius 2 is 1.70 bits per heavy atom. The Kier molecular flexibility index (Phi) is 6.44. The zero-order chi connectivity index (χ0) is 20.8. The molecule has 0 radical (unpaired) electrons. The van der Waals surface area contributed by atoms with E-state index in [-0.39, 0.29) is 18.4 Å². The first-order valence-corrected chi connectivity index (χ1v) is 10.4. The molecule has 2 aromatic carbocycles. The van der Waals surface area contributed by atoms with Gasteiger partial charge in [0.05, 0.1) is 18.2 Å². The maximum atomic E-state index is 12.6. The molecule has 1 atom stereocenters. The van der Waals surface area contributed by atoms with E-state index in [1.807, 2.05) is 54.3 Å². The van der Waals surface area contributed by atoms with Gasteiger partial charge in [0.15, 0.2) is 0 Å². The van der Waals surface area contributed by atoms with Gasteiger partial charge in [-0.3, -0.25) is 9.69 Å². The number of nitrogens with zero attached hydrogens (tertiary/aromatic N) is 3. The lowest BCUT2D eigenvalue weighted by Gasteiger charge is -2.39. The summed E-state index contributed by atoms with van der Waals surface area (Å²) >= 11 is 0. The number of piperazine rings is 1. The third-order valence-electron chi connectivity index (χ3n) is 5.45. The molecule has 30 heavy (non-hydrogen) atoms. The van der Waals surface area contributed by atoms with Gasteiger partial charge in [0.1, 0.15) is 18.1 Å². The summed E-state index contributed by atoms with van der Waals surface area (Å²) in [5.41, 5.74) is 2.03. The molecule has 6 nitrogen and oxygen atoms in total. The van der Waals surface area contributed by atoms with Gasteiger partial charge < -0.3 is 14.2 Å². The molecule has 0 bridgehead atoms. The second kappa shape index (κ2) is 9.59. The number of carbonyl (C=O) groups is 1. The van der Waals surface area contributed by atoms with Crippen LogP contribution in [-0.2, 0) is 11.2 Å². The highest BCUT2D eigenvalue weighted by Crippen LogP contribution is 2.24. The number of rotatable bonds is 7. The van der Waals surface area contributed by atoms with Crippen molar-refractivity contribution in [3.63, 3.8) is 0 Å². The summed E-state index contributed by atoms with van der Waals surface area (Å²) in [5.74, 6) is 1.58. The Hall–Kier alpha value is -3.12. The maximum Gasteiger partial charge on any atom is 0.230 e. The van der Waals surface area contributed by atoms with Crippen molar-refractivity contribution in [1.82, 2.24) is 15.0 Å². The van der Waals surface area contributed by atoms with Crippen molar-refractivity contribution in [2.75, 3.05) is 32.8 Å². The highest BCUT2D eigenvalue weighted by molar-refractivity contribution is 5.78. The molecule has 1 aromatic heterocycles. The normalized spacial score (nSPS) is 15.7. The third-order valence-corrected chi connectivity index (χ3v) is 5.45. The zero-order valence-corrected chi connectivity index (χ0v) is 17.2. The van der Waals surface area contributed by atoms with Gasteiger partial charge in [-0.25, -0.2) is 0 Å². The lowest BCUT2D eigenvalue weighted by Crippen LogP contribution is -2.50. The van der Waals surface area contributed by atoms with Crippen LogP contribution in [0.25, 0.3) is 0 Å². The fourth-order valence-electron chi connectivity index (χ4n) is 3.82. The van der Waals surface area contributed by atoms with Crippen molar-refractivity contribution in [2.45, 2.75) is 19.4 Å². The first-order chi connectivity index (χ1) is 14.7. The van der Waals surface area contributed by atoms with Gasteiger partial charge in [-0.2, -0.15) is 0 Å². The molecule has 1 unspecified atom stereocenters. The molecule has 156 valence electrons. The predicted octanol–water partition coefficient (Wildman–Crippen LogP) is 3.49. The molecule has 0 saturated carbocycles. The van der Waals surface area contributed by atoms with Crippen molar-refractivity contribution in [2.24, 2.45) is 0 Å². The molecule has 1 saturated heterocycles. The van der Waals surface area contributed by atoms with E-state index < -0.39 is 0 Å². The lowest BCUT2D eigenvalue weighted by molar-refractivity contribution is -0.133. The van der Waals surface area contributed by atoms with Crippen molar-refractivity contribution in [3.05, 3.63) is 83.7 Å². The molecule has 3 aromatic rings. The number of carbonyl (C=O) groups excluding carboxylic acids is 1. The van der Waals surface area contributed by atoms with E-state index >= 15 is 0 Å². The molecule has 1 aliphatic rings. The molecule has 1 aliphatic heterocycles. The van der Waals surface area contributed by atoms with Crippen LogP contribution in [0.1, 0.15) is 23.1 Å². The first-order valence-electron chi connectivity index (χ1n) is 10.4. The minimum Gasteiger partial charge on any atom is -0.492 e. The summed E-state index contributed by atoms with van der Waals surface area (Å²) in [5, 5.41) is 3.86. The van der Waals surface area contributed by atoms with E-state index in [9.17, 15) is 4.79 Å². The summed E-state index contributed by atoms with van der Waals surface area (Å²) in [4.78, 5) is 16.9. The summed E-state index contributed by atoms with van der Waals surface area (Å²) in [6, 6.07) is 22.3. The standard InChI is InChI=1S/C24H27N3O3/c1-19-16-22(30-25-19)17-24(28)27-14-12-26(13-15-27)23(20-8-4-2-5-9-20)18-29-21-10-6-3-7-11-21/h2-11,16,23H,12-15,17-18H2,1H3. The topological polar surface area (TPSA) is 58.8 Å². The van der Waals surface area contributed by atoms with E-state index in [2.05, 4.69) is 34.3 Å². The number of aryl methyl sites for hydroxylation is 1. The summed E-state index contributed by atoms with van der Waals surface area (Å²) < 4.78 is 11.3. The number of ether oxygens (including phenoxy) is 1. The zero-order valence-electron chi connectivity index (χ0n) is 17.2. The fraction of sp³-hybridized carbons (Fsp3) is 0.333. The monoisotopic (exact) mass is 405 g/mol. The summed E-state index contributed by atoms with van der Waals surface area (Å²) in [6.45, 7) is 5.43. The molecular weight excluding hydrogens is 378 g/mol. The Labute approximate surface area is 177 Å². The van der Waals surface area contributed by atoms with Gasteiger partial charge in [0, 0.05) is 32.2 Å². The van der Waals surface area contributed by atoms with Crippen LogP contribution in [0.15, 0.2) is 71.3 Å². The average Bonchev–Trinajstić information content (AvgIpc) is 3.20. The molecule has 6 heteroatoms. The van der Waals surface area contributed by atoms with Crippen molar-refractivity contribution < 1.29 is 14.1 Å². The van der Waals surface area contributed by atoms with Crippen molar-refractivity contribution in [3.8, 4) is 5.75 Å². The largest absolute Gasteiger partial charge is 0.492 e. The quantitative estimate of drug-likeness (QED) is 0.602. The Morgan fingerprint density at radius 1 is 1.03 bits per heavy atom. The van der Waals surface area contributed by atoms with Crippen LogP contribution < -0.4 is 4.74 Å². The molecule has 0 aliphatic carbocycles. The minimum atomic E-state index is 0.0857. The number of benzene rings is 2. The van der Waals surface area contributed by atoms with E-state index in [0.717, 1.165) is 24.5 Å². The lowest BCUT2D eigenvalue weighted by atomic mass is 10.0. The molecule has 1 amide bonds. The third kappa shape index (κ3) is 5.07. The van der Waals surface area contributed by atoms with E-state index in [4.69, 9.17) is 9.26 Å². The van der Waals surface area contributed by atoms with Crippen molar-refractivity contribution in [1.29, 1.82) is 0 Å². The second-order valence-corrected chi connectivity index (χ2v) is 7.58. The van der Waals surface area contributed by atoms with Gasteiger partial charge >= 0.3 is 0 Å². The number of amides is 1. The molecule has 2 heterocycles. The number of para-hydroxylation sites is 1. The SMILES string of the molecule is Cc1cc(CC(=O)N2CCN(C(COc3ccccc3)c3ccccc3)CC2)on1. The average molecular weight is 405 g/mol. The van der Waals surface area contributed by atoms with Crippen LogP contribution >= 0.6 is 0 Å². The number of hydrogen-bond donors (Lipinski definition) is 0. The van der Waals surface area contributed by atoms with Gasteiger partial charge in [-0.15, -0.1) is 0 Å². The molecular formula is C24H27N3O3. The highest BCUT2D eigenvalue weighted by atomic mass is 16.5. The van der Waals surface area contributed by atoms with Crippen molar-refractivity contribution >= 4 is 5.91 Å². The first kappa shape index (κ1) is 20.2. The van der Waals surface area contributed by atoms with Crippen LogP contribution in [0.2, 0.25) is 0 Å². The summed E-state index contributed by atoms with van der Waals surface area (Å²) in [7, 11) is 0.